The second-order valence-corrected chi connectivity index (χ2v) is 6.85. The maximum Gasteiger partial charge on any atom is 0.210 e. The Morgan fingerprint density at radius 2 is 1.86 bits per heavy atom. The zero-order valence-electron chi connectivity index (χ0n) is 13.8. The fraction of sp³-hybridized carbons (Fsp3) is 0.526. The minimum Gasteiger partial charge on any atom is -0.223 e. The molecule has 3 rings (SSSR count). The zero-order chi connectivity index (χ0) is 16.1. The molecule has 0 saturated heterocycles. The summed E-state index contributed by atoms with van der Waals surface area (Å²) in [5, 5.41) is 0. The average molecular weight is 304 g/mol. The molecule has 0 amide bonds. The highest BCUT2D eigenvalue weighted by Gasteiger charge is 2.57. The van der Waals surface area contributed by atoms with Crippen LogP contribution in [-0.2, 0) is 5.41 Å². The van der Waals surface area contributed by atoms with Gasteiger partial charge in [0.05, 0.1) is 11.0 Å². The molecule has 2 atom stereocenters. The first-order valence-corrected chi connectivity index (χ1v) is 8.20. The Balaban J connectivity index is 2.44. The summed E-state index contributed by atoms with van der Waals surface area (Å²) in [6.07, 6.45) is 6.85. The Kier molecular flexibility index (Phi) is 3.50. The van der Waals surface area contributed by atoms with Crippen LogP contribution in [0.4, 0.5) is 8.78 Å². The van der Waals surface area contributed by atoms with Gasteiger partial charge in [0, 0.05) is 31.9 Å². The maximum atomic E-state index is 14.6. The quantitative estimate of drug-likeness (QED) is 0.704. The topological polar surface area (TPSA) is 3.01 Å². The Labute approximate surface area is 131 Å². The Hall–Kier alpha value is -1.51. The lowest BCUT2D eigenvalue weighted by atomic mass is 9.60. The van der Waals surface area contributed by atoms with Crippen LogP contribution in [0.2, 0.25) is 0 Å². The van der Waals surface area contributed by atoms with Crippen molar-refractivity contribution >= 4 is 5.71 Å². The summed E-state index contributed by atoms with van der Waals surface area (Å²) in [6.45, 7) is 9.57. The van der Waals surface area contributed by atoms with E-state index < -0.39 is 11.6 Å². The van der Waals surface area contributed by atoms with Crippen LogP contribution in [-0.4, -0.2) is 22.4 Å². The molecule has 2 unspecified atom stereocenters. The predicted molar refractivity (Wildman–Crippen MR) is 85.7 cm³/mol. The van der Waals surface area contributed by atoms with Gasteiger partial charge in [-0.2, -0.15) is 0 Å². The smallest absolute Gasteiger partial charge is 0.210 e. The van der Waals surface area contributed by atoms with Crippen molar-refractivity contribution in [2.75, 3.05) is 6.54 Å². The van der Waals surface area contributed by atoms with Gasteiger partial charge >= 0.3 is 0 Å². The monoisotopic (exact) mass is 304 g/mol. The molecule has 3 heteroatoms. The van der Waals surface area contributed by atoms with Crippen molar-refractivity contribution in [2.24, 2.45) is 0 Å². The first-order valence-electron chi connectivity index (χ1n) is 8.20. The summed E-state index contributed by atoms with van der Waals surface area (Å²) < 4.78 is 30.9. The fourth-order valence-corrected chi connectivity index (χ4v) is 4.35. The third-order valence-corrected chi connectivity index (χ3v) is 6.17. The molecule has 0 aliphatic carbocycles. The first kappa shape index (κ1) is 15.4. The molecule has 0 saturated carbocycles. The van der Waals surface area contributed by atoms with Gasteiger partial charge in [-0.25, -0.2) is 13.4 Å². The normalized spacial score (nSPS) is 30.3. The van der Waals surface area contributed by atoms with Crippen molar-refractivity contribution in [2.45, 2.75) is 57.9 Å². The molecule has 22 heavy (non-hydrogen) atoms. The third-order valence-electron chi connectivity index (χ3n) is 6.17. The zero-order valence-corrected chi connectivity index (χ0v) is 13.8. The van der Waals surface area contributed by atoms with Crippen LogP contribution < -0.4 is 0 Å². The number of benzene rings is 1. The number of hydrogen-bond acceptors (Lipinski definition) is 0. The SMILES string of the molecule is CCC1(C)c2cc(F)cc(F)c2C2=[N+](CCC=C2)C1(C)CC. The van der Waals surface area contributed by atoms with Gasteiger partial charge in [-0.1, -0.05) is 19.9 Å². The number of hydrogen-bond donors (Lipinski definition) is 0. The van der Waals surface area contributed by atoms with Crippen molar-refractivity contribution in [3.05, 3.63) is 47.0 Å². The summed E-state index contributed by atoms with van der Waals surface area (Å²) >= 11 is 0. The number of nitrogens with zero attached hydrogens (tertiary/aromatic N) is 1. The largest absolute Gasteiger partial charge is 0.223 e. The maximum absolute atomic E-state index is 14.6. The lowest BCUT2D eigenvalue weighted by molar-refractivity contribution is -0.620. The van der Waals surface area contributed by atoms with Crippen molar-refractivity contribution in [3.8, 4) is 0 Å². The van der Waals surface area contributed by atoms with E-state index in [9.17, 15) is 8.78 Å². The summed E-state index contributed by atoms with van der Waals surface area (Å²) in [4.78, 5) is 0. The highest BCUT2D eigenvalue weighted by molar-refractivity contribution is 6.07. The van der Waals surface area contributed by atoms with Gasteiger partial charge in [-0.3, -0.25) is 0 Å². The summed E-state index contributed by atoms with van der Waals surface area (Å²) in [7, 11) is 0. The van der Waals surface area contributed by atoms with Crippen LogP contribution in [0, 0.1) is 11.6 Å². The molecule has 2 heterocycles. The molecule has 0 spiro atoms. The molecule has 2 aliphatic rings. The molecule has 0 fully saturated rings. The summed E-state index contributed by atoms with van der Waals surface area (Å²) in [6, 6.07) is 2.56. The lowest BCUT2D eigenvalue weighted by Gasteiger charge is -2.47. The molecule has 118 valence electrons. The second kappa shape index (κ2) is 5.00. The van der Waals surface area contributed by atoms with E-state index in [1.54, 1.807) is 6.07 Å². The third kappa shape index (κ3) is 1.77. The van der Waals surface area contributed by atoms with E-state index in [2.05, 4.69) is 38.3 Å². The van der Waals surface area contributed by atoms with Crippen molar-refractivity contribution < 1.29 is 13.4 Å². The van der Waals surface area contributed by atoms with E-state index in [-0.39, 0.29) is 11.0 Å². The van der Waals surface area contributed by atoms with Crippen LogP contribution in [0.15, 0.2) is 24.3 Å². The number of halogens is 2. The van der Waals surface area contributed by atoms with E-state index in [1.165, 1.54) is 0 Å². The molecular weight excluding hydrogens is 280 g/mol. The fourth-order valence-electron chi connectivity index (χ4n) is 4.35. The van der Waals surface area contributed by atoms with Crippen LogP contribution in [0.25, 0.3) is 0 Å². The van der Waals surface area contributed by atoms with Crippen molar-refractivity contribution in [3.63, 3.8) is 0 Å². The van der Waals surface area contributed by atoms with E-state index in [0.29, 0.717) is 5.56 Å². The van der Waals surface area contributed by atoms with Gasteiger partial charge in [-0.05, 0) is 25.0 Å². The minimum absolute atomic E-state index is 0.144. The van der Waals surface area contributed by atoms with Gasteiger partial charge in [0.15, 0.2) is 5.54 Å². The van der Waals surface area contributed by atoms with E-state index in [4.69, 9.17) is 0 Å². The van der Waals surface area contributed by atoms with Crippen LogP contribution >= 0.6 is 0 Å². The molecule has 0 aromatic heterocycles. The Morgan fingerprint density at radius 1 is 1.14 bits per heavy atom. The molecule has 1 nitrogen and oxygen atoms in total. The second-order valence-electron chi connectivity index (χ2n) is 6.85. The average Bonchev–Trinajstić information content (AvgIpc) is 2.51. The summed E-state index contributed by atoms with van der Waals surface area (Å²) in [5.74, 6) is -0.928. The minimum atomic E-state index is -0.483. The highest BCUT2D eigenvalue weighted by atomic mass is 19.1. The number of rotatable bonds is 2. The van der Waals surface area contributed by atoms with E-state index in [0.717, 1.165) is 43.1 Å². The van der Waals surface area contributed by atoms with Crippen LogP contribution in [0.5, 0.6) is 0 Å². The molecular formula is C19H24F2N+. The Bertz CT molecular complexity index is 689. The van der Waals surface area contributed by atoms with Crippen molar-refractivity contribution in [1.82, 2.24) is 0 Å². The number of fused-ring (bicyclic) bond motifs is 2. The molecule has 0 N–H and O–H groups in total. The highest BCUT2D eigenvalue weighted by Crippen LogP contribution is 2.48. The van der Waals surface area contributed by atoms with E-state index >= 15 is 0 Å². The van der Waals surface area contributed by atoms with Gasteiger partial charge in [0.1, 0.15) is 18.2 Å². The molecule has 1 aromatic rings. The molecule has 2 aliphatic heterocycles. The Morgan fingerprint density at radius 3 is 2.50 bits per heavy atom. The lowest BCUT2D eigenvalue weighted by Crippen LogP contribution is -2.60. The van der Waals surface area contributed by atoms with Gasteiger partial charge in [0.2, 0.25) is 5.71 Å². The van der Waals surface area contributed by atoms with Crippen LogP contribution in [0.1, 0.15) is 58.1 Å². The van der Waals surface area contributed by atoms with Crippen LogP contribution in [0.3, 0.4) is 0 Å². The first-order chi connectivity index (χ1) is 10.4. The standard InChI is InChI=1S/C19H24F2N/c1-5-18(3)14-11-13(20)12-15(21)17(14)16-9-7-8-10-22(16)19(18,4)6-2/h7,9,11-12H,5-6,8,10H2,1-4H3/q+1. The molecule has 0 radical (unpaired) electrons. The van der Waals surface area contributed by atoms with Crippen molar-refractivity contribution in [1.29, 1.82) is 0 Å². The number of allylic oxidation sites excluding steroid dienone is 1. The summed E-state index contributed by atoms with van der Waals surface area (Å²) in [5.41, 5.74) is 1.89. The van der Waals surface area contributed by atoms with E-state index in [1.807, 2.05) is 6.08 Å². The van der Waals surface area contributed by atoms with Gasteiger partial charge in [0.25, 0.3) is 0 Å². The van der Waals surface area contributed by atoms with Gasteiger partial charge < -0.3 is 0 Å². The molecule has 1 aromatic carbocycles. The molecule has 0 bridgehead atoms. The van der Waals surface area contributed by atoms with Gasteiger partial charge in [-0.15, -0.1) is 0 Å². The predicted octanol–water partition coefficient (Wildman–Crippen LogP) is 4.58.